The van der Waals surface area contributed by atoms with Gasteiger partial charge >= 0.3 is 5.97 Å². The van der Waals surface area contributed by atoms with Crippen LogP contribution in [0, 0.1) is 0 Å². The standard InChI is InChI=1S/C5H7NO4/c1-10-5(9)4(2-7)6-3-8/h2-3,7H,1H3,(H,6,8)/b4-2-. The van der Waals surface area contributed by atoms with E-state index in [0.29, 0.717) is 6.26 Å². The van der Waals surface area contributed by atoms with Crippen LogP contribution in [0.1, 0.15) is 0 Å². The van der Waals surface area contributed by atoms with E-state index in [2.05, 4.69) is 4.74 Å². The van der Waals surface area contributed by atoms with Gasteiger partial charge in [-0.3, -0.25) is 4.79 Å². The Morgan fingerprint density at radius 1 is 1.70 bits per heavy atom. The van der Waals surface area contributed by atoms with Gasteiger partial charge in [0.25, 0.3) is 0 Å². The van der Waals surface area contributed by atoms with Crippen LogP contribution in [0.3, 0.4) is 0 Å². The van der Waals surface area contributed by atoms with Crippen LogP contribution in [-0.2, 0) is 14.3 Å². The zero-order valence-electron chi connectivity index (χ0n) is 5.33. The number of methoxy groups -OCH3 is 1. The molecule has 0 aliphatic rings. The number of carbonyl (C=O) groups is 2. The Morgan fingerprint density at radius 3 is 2.60 bits per heavy atom. The van der Waals surface area contributed by atoms with Crippen molar-refractivity contribution in [1.29, 1.82) is 0 Å². The minimum absolute atomic E-state index is 0.263. The van der Waals surface area contributed by atoms with Crippen LogP contribution in [0.15, 0.2) is 12.0 Å². The van der Waals surface area contributed by atoms with Gasteiger partial charge in [-0.2, -0.15) is 0 Å². The maximum atomic E-state index is 10.5. The van der Waals surface area contributed by atoms with Crippen molar-refractivity contribution in [2.75, 3.05) is 7.11 Å². The van der Waals surface area contributed by atoms with Gasteiger partial charge in [0, 0.05) is 0 Å². The van der Waals surface area contributed by atoms with Crippen LogP contribution in [0.4, 0.5) is 0 Å². The highest BCUT2D eigenvalue weighted by molar-refractivity contribution is 5.89. The number of esters is 1. The quantitative estimate of drug-likeness (QED) is 0.238. The molecule has 0 aliphatic heterocycles. The number of rotatable bonds is 3. The molecule has 0 aromatic carbocycles. The average Bonchev–Trinajstić information content (AvgIpc) is 1.99. The van der Waals surface area contributed by atoms with Crippen molar-refractivity contribution in [3.63, 3.8) is 0 Å². The van der Waals surface area contributed by atoms with Gasteiger partial charge in [0.05, 0.1) is 7.11 Å². The number of aliphatic hydroxyl groups is 1. The van der Waals surface area contributed by atoms with Crippen molar-refractivity contribution >= 4 is 12.4 Å². The summed E-state index contributed by atoms with van der Waals surface area (Å²) in [6.07, 6.45) is 0.721. The van der Waals surface area contributed by atoms with Crippen molar-refractivity contribution in [2.45, 2.75) is 0 Å². The third-order valence-electron chi connectivity index (χ3n) is 0.749. The summed E-state index contributed by atoms with van der Waals surface area (Å²) in [6, 6.07) is 0. The van der Waals surface area contributed by atoms with E-state index in [1.807, 2.05) is 5.32 Å². The third kappa shape index (κ3) is 2.17. The number of amides is 1. The molecule has 0 aromatic heterocycles. The predicted molar refractivity (Wildman–Crippen MR) is 31.9 cm³/mol. The molecule has 10 heavy (non-hydrogen) atoms. The molecule has 56 valence electrons. The second-order valence-electron chi connectivity index (χ2n) is 1.30. The van der Waals surface area contributed by atoms with Crippen LogP contribution in [0.5, 0.6) is 0 Å². The van der Waals surface area contributed by atoms with Gasteiger partial charge in [-0.05, 0) is 0 Å². The van der Waals surface area contributed by atoms with Gasteiger partial charge in [-0.15, -0.1) is 0 Å². The zero-order chi connectivity index (χ0) is 7.98. The first-order chi connectivity index (χ1) is 4.76. The zero-order valence-corrected chi connectivity index (χ0v) is 5.33. The number of hydrogen-bond donors (Lipinski definition) is 2. The fourth-order valence-electron chi connectivity index (χ4n) is 0.322. The fourth-order valence-corrected chi connectivity index (χ4v) is 0.322. The van der Waals surface area contributed by atoms with E-state index in [9.17, 15) is 9.59 Å². The van der Waals surface area contributed by atoms with E-state index in [4.69, 9.17) is 5.11 Å². The Labute approximate surface area is 57.3 Å². The van der Waals surface area contributed by atoms with E-state index in [-0.39, 0.29) is 12.1 Å². The molecule has 1 amide bonds. The Kier molecular flexibility index (Phi) is 3.70. The SMILES string of the molecule is COC(=O)/C(=C/O)NC=O. The van der Waals surface area contributed by atoms with Crippen LogP contribution >= 0.6 is 0 Å². The summed E-state index contributed by atoms with van der Waals surface area (Å²) in [4.78, 5) is 20.2. The highest BCUT2D eigenvalue weighted by Crippen LogP contribution is 1.87. The number of aliphatic hydroxyl groups excluding tert-OH is 1. The Hall–Kier alpha value is -1.52. The number of ether oxygens (including phenoxy) is 1. The lowest BCUT2D eigenvalue weighted by atomic mass is 10.5. The fraction of sp³-hybridized carbons (Fsp3) is 0.200. The monoisotopic (exact) mass is 145 g/mol. The first kappa shape index (κ1) is 8.48. The molecule has 5 nitrogen and oxygen atoms in total. The minimum atomic E-state index is -0.797. The summed E-state index contributed by atoms with van der Waals surface area (Å²) in [5.41, 5.74) is -0.294. The molecule has 0 aromatic rings. The smallest absolute Gasteiger partial charge is 0.357 e. The van der Waals surface area contributed by atoms with E-state index < -0.39 is 5.97 Å². The lowest BCUT2D eigenvalue weighted by molar-refractivity contribution is -0.137. The van der Waals surface area contributed by atoms with E-state index >= 15 is 0 Å². The van der Waals surface area contributed by atoms with E-state index in [1.54, 1.807) is 0 Å². The maximum Gasteiger partial charge on any atom is 0.357 e. The Balaban J connectivity index is 4.08. The van der Waals surface area contributed by atoms with Gasteiger partial charge in [0.1, 0.15) is 6.26 Å². The predicted octanol–water partition coefficient (Wildman–Crippen LogP) is -0.695. The number of hydrogen-bond acceptors (Lipinski definition) is 4. The molecule has 0 bridgehead atoms. The second kappa shape index (κ2) is 4.37. The molecule has 0 unspecified atom stereocenters. The molecule has 2 N–H and O–H groups in total. The maximum absolute atomic E-state index is 10.5. The third-order valence-corrected chi connectivity index (χ3v) is 0.749. The first-order valence-corrected chi connectivity index (χ1v) is 2.39. The normalized spacial score (nSPS) is 10.3. The first-order valence-electron chi connectivity index (χ1n) is 2.39. The largest absolute Gasteiger partial charge is 0.513 e. The van der Waals surface area contributed by atoms with Gasteiger partial charge < -0.3 is 15.2 Å². The van der Waals surface area contributed by atoms with Gasteiger partial charge in [0.2, 0.25) is 6.41 Å². The molecule has 0 atom stereocenters. The Morgan fingerprint density at radius 2 is 2.30 bits per heavy atom. The lowest BCUT2D eigenvalue weighted by Gasteiger charge is -1.98. The van der Waals surface area contributed by atoms with E-state index in [0.717, 1.165) is 7.11 Å². The molecule has 0 radical (unpaired) electrons. The lowest BCUT2D eigenvalue weighted by Crippen LogP contribution is -2.19. The van der Waals surface area contributed by atoms with Crippen molar-refractivity contribution in [1.82, 2.24) is 5.32 Å². The molecular formula is C5H7NO4. The minimum Gasteiger partial charge on any atom is -0.513 e. The molecule has 0 saturated heterocycles. The van der Waals surface area contributed by atoms with Gasteiger partial charge in [-0.25, -0.2) is 4.79 Å². The summed E-state index contributed by atoms with van der Waals surface area (Å²) < 4.78 is 4.17. The van der Waals surface area contributed by atoms with Crippen molar-refractivity contribution < 1.29 is 19.4 Å². The molecule has 0 rings (SSSR count). The van der Waals surface area contributed by atoms with Gasteiger partial charge in [0.15, 0.2) is 5.70 Å². The van der Waals surface area contributed by atoms with E-state index in [1.165, 1.54) is 0 Å². The summed E-state index contributed by atoms with van der Waals surface area (Å²) in [7, 11) is 1.14. The van der Waals surface area contributed by atoms with Crippen molar-refractivity contribution in [3.8, 4) is 0 Å². The highest BCUT2D eigenvalue weighted by Gasteiger charge is 2.06. The second-order valence-corrected chi connectivity index (χ2v) is 1.30. The summed E-state index contributed by atoms with van der Waals surface area (Å²) in [5, 5.41) is 10.2. The topological polar surface area (TPSA) is 75.6 Å². The van der Waals surface area contributed by atoms with Crippen molar-refractivity contribution in [3.05, 3.63) is 12.0 Å². The van der Waals surface area contributed by atoms with Crippen molar-refractivity contribution in [2.24, 2.45) is 0 Å². The summed E-state index contributed by atoms with van der Waals surface area (Å²) in [6.45, 7) is 0. The van der Waals surface area contributed by atoms with Crippen LogP contribution < -0.4 is 5.32 Å². The molecule has 0 fully saturated rings. The van der Waals surface area contributed by atoms with Crippen LogP contribution in [0.25, 0.3) is 0 Å². The highest BCUT2D eigenvalue weighted by atomic mass is 16.5. The van der Waals surface area contributed by atoms with Gasteiger partial charge in [-0.1, -0.05) is 0 Å². The molecule has 5 heteroatoms. The molecule has 0 spiro atoms. The average molecular weight is 145 g/mol. The van der Waals surface area contributed by atoms with Crippen LogP contribution in [-0.4, -0.2) is 24.6 Å². The molecule has 0 heterocycles. The molecular weight excluding hydrogens is 138 g/mol. The molecule has 0 aliphatic carbocycles. The Bertz CT molecular complexity index is 163. The number of carbonyl (C=O) groups excluding carboxylic acids is 2. The molecule has 0 saturated carbocycles. The van der Waals surface area contributed by atoms with Crippen LogP contribution in [0.2, 0.25) is 0 Å². The summed E-state index contributed by atoms with van der Waals surface area (Å²) in [5.74, 6) is -0.797. The summed E-state index contributed by atoms with van der Waals surface area (Å²) >= 11 is 0. The number of nitrogens with one attached hydrogen (secondary N) is 1.